The van der Waals surface area contributed by atoms with Crippen LogP contribution in [0.5, 0.6) is 11.5 Å². The first-order valence-electron chi connectivity index (χ1n) is 12.2. The van der Waals surface area contributed by atoms with Crippen LogP contribution in [0.2, 0.25) is 0 Å². The maximum atomic E-state index is 12.9. The van der Waals surface area contributed by atoms with Gasteiger partial charge in [0.2, 0.25) is 0 Å². The second kappa shape index (κ2) is 12.2. The molecule has 0 unspecified atom stereocenters. The van der Waals surface area contributed by atoms with E-state index in [0.717, 1.165) is 12.0 Å². The van der Waals surface area contributed by atoms with Gasteiger partial charge in [-0.05, 0) is 60.9 Å². The number of carbonyl (C=O) groups is 3. The van der Waals surface area contributed by atoms with Gasteiger partial charge in [0.1, 0.15) is 17.3 Å². The highest BCUT2D eigenvalue weighted by atomic mass is 16.5. The maximum absolute atomic E-state index is 12.9. The van der Waals surface area contributed by atoms with E-state index in [1.54, 1.807) is 37.4 Å². The van der Waals surface area contributed by atoms with Crippen LogP contribution in [0.15, 0.2) is 59.0 Å². The molecule has 9 nitrogen and oxygen atoms in total. The molecule has 0 fully saturated rings. The fourth-order valence-electron chi connectivity index (χ4n) is 3.88. The molecule has 0 aliphatic carbocycles. The first kappa shape index (κ1) is 26.0. The summed E-state index contributed by atoms with van der Waals surface area (Å²) in [6.07, 6.45) is 1.56. The summed E-state index contributed by atoms with van der Waals surface area (Å²) in [7, 11) is 1.60. The minimum atomic E-state index is -0.339. The maximum Gasteiger partial charge on any atom is 0.286 e. The quantitative estimate of drug-likeness (QED) is 0.294. The predicted octanol–water partition coefficient (Wildman–Crippen LogP) is 3.80. The average molecular weight is 507 g/mol. The van der Waals surface area contributed by atoms with Crippen LogP contribution in [0.4, 0.5) is 5.69 Å². The fraction of sp³-hybridized carbons (Fsp3) is 0.321. The first-order chi connectivity index (χ1) is 18.0. The molecule has 3 aromatic rings. The molecule has 1 aliphatic heterocycles. The Kier molecular flexibility index (Phi) is 8.58. The van der Waals surface area contributed by atoms with E-state index in [-0.39, 0.29) is 43.1 Å². The van der Waals surface area contributed by atoms with E-state index in [4.69, 9.17) is 18.6 Å². The number of hydrogen-bond acceptors (Lipinski definition) is 7. The summed E-state index contributed by atoms with van der Waals surface area (Å²) in [5, 5.41) is 2.76. The Bertz CT molecular complexity index is 1270. The van der Waals surface area contributed by atoms with Crippen molar-refractivity contribution in [2.24, 2.45) is 0 Å². The lowest BCUT2D eigenvalue weighted by atomic mass is 10.1. The van der Waals surface area contributed by atoms with Gasteiger partial charge in [0.15, 0.2) is 24.8 Å². The van der Waals surface area contributed by atoms with Crippen molar-refractivity contribution < 1.29 is 33.0 Å². The second-order valence-corrected chi connectivity index (χ2v) is 8.53. The fourth-order valence-corrected chi connectivity index (χ4v) is 3.88. The lowest BCUT2D eigenvalue weighted by Gasteiger charge is -2.29. The monoisotopic (exact) mass is 506 g/mol. The Morgan fingerprint density at radius 1 is 1.11 bits per heavy atom. The van der Waals surface area contributed by atoms with Crippen LogP contribution < -0.4 is 19.7 Å². The number of amides is 2. The zero-order valence-electron chi connectivity index (χ0n) is 21.0. The lowest BCUT2D eigenvalue weighted by Crippen LogP contribution is -2.38. The highest BCUT2D eigenvalue weighted by molar-refractivity contribution is 6.02. The molecule has 0 saturated carbocycles. The summed E-state index contributed by atoms with van der Waals surface area (Å²) in [6.45, 7) is 2.87. The number of nitrogens with zero attached hydrogens (tertiary/aromatic N) is 1. The molecule has 2 aromatic carbocycles. The number of rotatable bonds is 12. The summed E-state index contributed by atoms with van der Waals surface area (Å²) in [6, 6.07) is 15.8. The van der Waals surface area contributed by atoms with Gasteiger partial charge in [-0.15, -0.1) is 0 Å². The van der Waals surface area contributed by atoms with Crippen molar-refractivity contribution in [3.8, 4) is 11.5 Å². The third-order valence-electron chi connectivity index (χ3n) is 5.91. The van der Waals surface area contributed by atoms with Crippen LogP contribution in [0.25, 0.3) is 0 Å². The second-order valence-electron chi connectivity index (χ2n) is 8.53. The number of ether oxygens (including phenoxy) is 3. The number of methoxy groups -OCH3 is 1. The van der Waals surface area contributed by atoms with E-state index in [0.29, 0.717) is 48.1 Å². The van der Waals surface area contributed by atoms with Crippen molar-refractivity contribution in [3.05, 3.63) is 77.2 Å². The number of Topliss-reactive ketones (excluding diaryl/α,β-unsaturated/α-hetero) is 1. The van der Waals surface area contributed by atoms with Crippen molar-refractivity contribution in [1.29, 1.82) is 0 Å². The molecular weight excluding hydrogens is 476 g/mol. The minimum absolute atomic E-state index is 0.0874. The number of furan rings is 1. The molecule has 194 valence electrons. The molecule has 2 amide bonds. The molecule has 0 radical (unpaired) electrons. The Labute approximate surface area is 215 Å². The molecule has 0 bridgehead atoms. The van der Waals surface area contributed by atoms with Crippen molar-refractivity contribution >= 4 is 23.3 Å². The normalized spacial score (nSPS) is 12.6. The molecule has 0 spiro atoms. The van der Waals surface area contributed by atoms with Gasteiger partial charge in [-0.2, -0.15) is 0 Å². The number of carbonyl (C=O) groups excluding carboxylic acids is 3. The molecule has 9 heteroatoms. The predicted molar refractivity (Wildman–Crippen MR) is 136 cm³/mol. The van der Waals surface area contributed by atoms with Crippen molar-refractivity contribution in [3.63, 3.8) is 0 Å². The van der Waals surface area contributed by atoms with Crippen LogP contribution in [0, 0.1) is 0 Å². The van der Waals surface area contributed by atoms with Crippen LogP contribution in [0.3, 0.4) is 0 Å². The summed E-state index contributed by atoms with van der Waals surface area (Å²) in [4.78, 5) is 39.4. The molecule has 2 heterocycles. The number of fused-ring (bicyclic) bond motifs is 1. The van der Waals surface area contributed by atoms with Crippen molar-refractivity contribution in [1.82, 2.24) is 5.32 Å². The van der Waals surface area contributed by atoms with Crippen LogP contribution in [-0.4, -0.2) is 51.1 Å². The zero-order chi connectivity index (χ0) is 26.2. The van der Waals surface area contributed by atoms with Crippen molar-refractivity contribution in [2.45, 2.75) is 26.3 Å². The molecular formula is C28H30N2O7. The highest BCUT2D eigenvalue weighted by Crippen LogP contribution is 2.34. The highest BCUT2D eigenvalue weighted by Gasteiger charge is 2.28. The number of aryl methyl sites for hydroxylation is 1. The van der Waals surface area contributed by atoms with Crippen LogP contribution >= 0.6 is 0 Å². The molecule has 37 heavy (non-hydrogen) atoms. The summed E-state index contributed by atoms with van der Waals surface area (Å²) < 4.78 is 21.9. The van der Waals surface area contributed by atoms with Gasteiger partial charge >= 0.3 is 0 Å². The molecule has 1 aliphatic rings. The number of anilines is 1. The third-order valence-corrected chi connectivity index (χ3v) is 5.91. The Hall–Kier alpha value is -4.11. The topological polar surface area (TPSA) is 107 Å². The SMILES string of the molecule is CCc1cccc(OCC(=O)c2ccc3c(c2)N(Cc2ccc(C(=O)NCCCOC)o2)C(=O)CO3)c1. The molecule has 0 atom stereocenters. The van der Waals surface area contributed by atoms with Gasteiger partial charge in [-0.3, -0.25) is 19.3 Å². The van der Waals surface area contributed by atoms with Crippen LogP contribution in [-0.2, 0) is 22.5 Å². The minimum Gasteiger partial charge on any atom is -0.485 e. The lowest BCUT2D eigenvalue weighted by molar-refractivity contribution is -0.121. The van der Waals surface area contributed by atoms with Gasteiger partial charge in [0.25, 0.3) is 11.8 Å². The van der Waals surface area contributed by atoms with Gasteiger partial charge in [-0.1, -0.05) is 19.1 Å². The summed E-state index contributed by atoms with van der Waals surface area (Å²) in [5.41, 5.74) is 1.97. The number of hydrogen-bond donors (Lipinski definition) is 1. The Morgan fingerprint density at radius 3 is 2.78 bits per heavy atom. The summed E-state index contributed by atoms with van der Waals surface area (Å²) in [5.74, 6) is 0.839. The smallest absolute Gasteiger partial charge is 0.286 e. The number of nitrogens with one attached hydrogen (secondary N) is 1. The van der Waals surface area contributed by atoms with Gasteiger partial charge in [0.05, 0.1) is 12.2 Å². The first-order valence-corrected chi connectivity index (χ1v) is 12.2. The number of ketones is 1. The standard InChI is InChI=1S/C28H30N2O7/c1-3-19-6-4-7-21(14-19)35-17-24(31)20-8-10-25-23(15-20)30(27(32)18-36-25)16-22-9-11-26(37-22)28(33)29-12-5-13-34-2/h4,6-11,14-15H,3,5,12-13,16-18H2,1-2H3,(H,29,33). The van der Waals surface area contributed by atoms with Gasteiger partial charge in [-0.25, -0.2) is 0 Å². The van der Waals surface area contributed by atoms with Crippen molar-refractivity contribution in [2.75, 3.05) is 38.4 Å². The molecule has 4 rings (SSSR count). The van der Waals surface area contributed by atoms with E-state index in [1.807, 2.05) is 24.3 Å². The zero-order valence-corrected chi connectivity index (χ0v) is 21.0. The summed E-state index contributed by atoms with van der Waals surface area (Å²) >= 11 is 0. The van der Waals surface area contributed by atoms with E-state index < -0.39 is 0 Å². The van der Waals surface area contributed by atoms with Crippen LogP contribution in [0.1, 0.15) is 45.6 Å². The molecule has 1 aromatic heterocycles. The van der Waals surface area contributed by atoms with Gasteiger partial charge in [0, 0.05) is 25.8 Å². The van der Waals surface area contributed by atoms with E-state index in [1.165, 1.54) is 4.90 Å². The van der Waals surface area contributed by atoms with Gasteiger partial charge < -0.3 is 23.9 Å². The van der Waals surface area contributed by atoms with E-state index in [2.05, 4.69) is 12.2 Å². The third kappa shape index (κ3) is 6.56. The molecule has 1 N–H and O–H groups in total. The number of benzene rings is 2. The van der Waals surface area contributed by atoms with E-state index >= 15 is 0 Å². The molecule has 0 saturated heterocycles. The Morgan fingerprint density at radius 2 is 1.97 bits per heavy atom. The average Bonchev–Trinajstić information content (AvgIpc) is 3.40. The largest absolute Gasteiger partial charge is 0.485 e. The Balaban J connectivity index is 1.44. The van der Waals surface area contributed by atoms with E-state index in [9.17, 15) is 14.4 Å².